The van der Waals surface area contributed by atoms with Gasteiger partial charge in [0.1, 0.15) is 5.75 Å². The molecule has 2 heteroatoms. The Balaban J connectivity index is 2.27. The zero-order valence-electron chi connectivity index (χ0n) is 9.75. The first-order valence-electron chi connectivity index (χ1n) is 5.59. The van der Waals surface area contributed by atoms with Gasteiger partial charge in [-0.1, -0.05) is 17.7 Å². The number of fused-ring (bicyclic) bond motifs is 1. The second-order valence-electron chi connectivity index (χ2n) is 4.34. The van der Waals surface area contributed by atoms with E-state index in [4.69, 9.17) is 4.74 Å². The number of carbonyl (C=O) groups is 1. The Hall–Kier alpha value is -1.57. The van der Waals surface area contributed by atoms with Gasteiger partial charge in [-0.05, 0) is 38.0 Å². The average molecular weight is 216 g/mol. The molecule has 0 saturated heterocycles. The molecule has 0 N–H and O–H groups in total. The molecule has 2 rings (SSSR count). The SMILES string of the molecule is CC(C)=CCc1ccc2c(c1)C(=O)CCO2. The lowest BCUT2D eigenvalue weighted by Crippen LogP contribution is -2.15. The molecule has 1 aliphatic rings. The first-order chi connectivity index (χ1) is 7.66. The Morgan fingerprint density at radius 1 is 1.44 bits per heavy atom. The summed E-state index contributed by atoms with van der Waals surface area (Å²) in [5, 5.41) is 0. The van der Waals surface area contributed by atoms with Crippen LogP contribution in [0.3, 0.4) is 0 Å². The number of Topliss-reactive ketones (excluding diaryl/α,β-unsaturated/α-hetero) is 1. The molecular weight excluding hydrogens is 200 g/mol. The third kappa shape index (κ3) is 2.32. The molecule has 0 unspecified atom stereocenters. The Kier molecular flexibility index (Phi) is 3.09. The molecule has 0 aromatic heterocycles. The summed E-state index contributed by atoms with van der Waals surface area (Å²) in [5.74, 6) is 0.928. The molecule has 0 amide bonds. The fourth-order valence-electron chi connectivity index (χ4n) is 1.76. The maximum atomic E-state index is 11.7. The van der Waals surface area contributed by atoms with E-state index in [9.17, 15) is 4.79 Å². The van der Waals surface area contributed by atoms with Gasteiger partial charge in [-0.2, -0.15) is 0 Å². The number of hydrogen-bond acceptors (Lipinski definition) is 2. The van der Waals surface area contributed by atoms with Crippen LogP contribution in [0.15, 0.2) is 29.8 Å². The minimum Gasteiger partial charge on any atom is -0.492 e. The van der Waals surface area contributed by atoms with Crippen molar-refractivity contribution in [2.24, 2.45) is 0 Å². The Labute approximate surface area is 95.9 Å². The largest absolute Gasteiger partial charge is 0.492 e. The highest BCUT2D eigenvalue weighted by molar-refractivity contribution is 5.99. The lowest BCUT2D eigenvalue weighted by molar-refractivity contribution is 0.0933. The van der Waals surface area contributed by atoms with Crippen molar-refractivity contribution >= 4 is 5.78 Å². The van der Waals surface area contributed by atoms with Crippen molar-refractivity contribution in [2.45, 2.75) is 26.7 Å². The predicted molar refractivity (Wildman–Crippen MR) is 64.0 cm³/mol. The molecule has 0 saturated carbocycles. The van der Waals surface area contributed by atoms with Gasteiger partial charge in [-0.15, -0.1) is 0 Å². The molecule has 0 atom stereocenters. The summed E-state index contributed by atoms with van der Waals surface area (Å²) in [6.07, 6.45) is 3.54. The second-order valence-corrected chi connectivity index (χ2v) is 4.34. The number of benzene rings is 1. The lowest BCUT2D eigenvalue weighted by Gasteiger charge is -2.16. The molecule has 1 aliphatic heterocycles. The second kappa shape index (κ2) is 4.52. The fourth-order valence-corrected chi connectivity index (χ4v) is 1.76. The van der Waals surface area contributed by atoms with Gasteiger partial charge in [0.05, 0.1) is 12.2 Å². The maximum Gasteiger partial charge on any atom is 0.170 e. The molecule has 0 aliphatic carbocycles. The third-order valence-corrected chi connectivity index (χ3v) is 2.68. The first kappa shape index (κ1) is 10.9. The summed E-state index contributed by atoms with van der Waals surface area (Å²) in [4.78, 5) is 11.7. The van der Waals surface area contributed by atoms with E-state index in [0.717, 1.165) is 17.7 Å². The zero-order chi connectivity index (χ0) is 11.5. The minimum atomic E-state index is 0.195. The van der Waals surface area contributed by atoms with Gasteiger partial charge < -0.3 is 4.74 Å². The first-order valence-corrected chi connectivity index (χ1v) is 5.59. The maximum absolute atomic E-state index is 11.7. The van der Waals surface area contributed by atoms with Gasteiger partial charge in [0.2, 0.25) is 0 Å². The number of hydrogen-bond donors (Lipinski definition) is 0. The molecule has 1 heterocycles. The van der Waals surface area contributed by atoms with Crippen LogP contribution in [0.2, 0.25) is 0 Å². The summed E-state index contributed by atoms with van der Waals surface area (Å²) in [5.41, 5.74) is 3.20. The molecule has 0 bridgehead atoms. The number of carbonyl (C=O) groups excluding carboxylic acids is 1. The molecule has 1 aromatic carbocycles. The summed E-state index contributed by atoms with van der Waals surface area (Å²) in [6.45, 7) is 4.67. The van der Waals surface area contributed by atoms with Crippen molar-refractivity contribution in [1.82, 2.24) is 0 Å². The number of ether oxygens (including phenoxy) is 1. The molecule has 1 aromatic rings. The quantitative estimate of drug-likeness (QED) is 0.710. The summed E-state index contributed by atoms with van der Waals surface area (Å²) >= 11 is 0. The van der Waals surface area contributed by atoms with Gasteiger partial charge in [-0.3, -0.25) is 4.79 Å². The van der Waals surface area contributed by atoms with Crippen LogP contribution in [0.25, 0.3) is 0 Å². The van der Waals surface area contributed by atoms with Crippen molar-refractivity contribution in [1.29, 1.82) is 0 Å². The summed E-state index contributed by atoms with van der Waals surface area (Å²) in [6, 6.07) is 5.88. The van der Waals surface area contributed by atoms with Crippen LogP contribution < -0.4 is 4.74 Å². The third-order valence-electron chi connectivity index (χ3n) is 2.68. The topological polar surface area (TPSA) is 26.3 Å². The minimum absolute atomic E-state index is 0.195. The van der Waals surface area contributed by atoms with E-state index in [2.05, 4.69) is 19.9 Å². The van der Waals surface area contributed by atoms with Gasteiger partial charge in [0.15, 0.2) is 5.78 Å². The molecular formula is C14H16O2. The summed E-state index contributed by atoms with van der Waals surface area (Å²) in [7, 11) is 0. The van der Waals surface area contributed by atoms with Crippen molar-refractivity contribution in [3.8, 4) is 5.75 Å². The van der Waals surface area contributed by atoms with Gasteiger partial charge in [0, 0.05) is 6.42 Å². The van der Waals surface area contributed by atoms with Crippen molar-refractivity contribution in [2.75, 3.05) is 6.61 Å². The van der Waals surface area contributed by atoms with Crippen LogP contribution in [0.1, 0.15) is 36.2 Å². The highest BCUT2D eigenvalue weighted by Crippen LogP contribution is 2.25. The molecule has 16 heavy (non-hydrogen) atoms. The number of rotatable bonds is 2. The normalized spacial score (nSPS) is 14.0. The van der Waals surface area contributed by atoms with E-state index < -0.39 is 0 Å². The molecule has 84 valence electrons. The van der Waals surface area contributed by atoms with Crippen LogP contribution in [0.4, 0.5) is 0 Å². The Morgan fingerprint density at radius 3 is 3.00 bits per heavy atom. The van der Waals surface area contributed by atoms with Gasteiger partial charge in [-0.25, -0.2) is 0 Å². The smallest absolute Gasteiger partial charge is 0.170 e. The van der Waals surface area contributed by atoms with Crippen LogP contribution in [0.5, 0.6) is 5.75 Å². The monoisotopic (exact) mass is 216 g/mol. The Bertz CT molecular complexity index is 440. The fraction of sp³-hybridized carbons (Fsp3) is 0.357. The number of allylic oxidation sites excluding steroid dienone is 2. The molecule has 0 fully saturated rings. The van der Waals surface area contributed by atoms with E-state index in [-0.39, 0.29) is 5.78 Å². The zero-order valence-corrected chi connectivity index (χ0v) is 9.75. The van der Waals surface area contributed by atoms with Crippen LogP contribution >= 0.6 is 0 Å². The van der Waals surface area contributed by atoms with E-state index in [1.165, 1.54) is 11.1 Å². The van der Waals surface area contributed by atoms with Gasteiger partial charge in [0.25, 0.3) is 0 Å². The number of ketones is 1. The van der Waals surface area contributed by atoms with E-state index in [1.807, 2.05) is 18.2 Å². The van der Waals surface area contributed by atoms with E-state index in [0.29, 0.717) is 13.0 Å². The van der Waals surface area contributed by atoms with Crippen LogP contribution in [-0.4, -0.2) is 12.4 Å². The highest BCUT2D eigenvalue weighted by Gasteiger charge is 2.18. The van der Waals surface area contributed by atoms with E-state index >= 15 is 0 Å². The standard InChI is InChI=1S/C14H16O2/c1-10(2)3-4-11-5-6-14-12(9-11)13(15)7-8-16-14/h3,5-6,9H,4,7-8H2,1-2H3. The Morgan fingerprint density at radius 2 is 2.25 bits per heavy atom. The lowest BCUT2D eigenvalue weighted by atomic mass is 10.0. The van der Waals surface area contributed by atoms with Crippen molar-refractivity contribution in [3.63, 3.8) is 0 Å². The van der Waals surface area contributed by atoms with Crippen molar-refractivity contribution < 1.29 is 9.53 Å². The molecule has 0 spiro atoms. The highest BCUT2D eigenvalue weighted by atomic mass is 16.5. The molecule has 0 radical (unpaired) electrons. The van der Waals surface area contributed by atoms with Crippen LogP contribution in [0, 0.1) is 0 Å². The summed E-state index contributed by atoms with van der Waals surface area (Å²) < 4.78 is 5.44. The molecule has 2 nitrogen and oxygen atoms in total. The van der Waals surface area contributed by atoms with Crippen molar-refractivity contribution in [3.05, 3.63) is 41.0 Å². The van der Waals surface area contributed by atoms with Gasteiger partial charge >= 0.3 is 0 Å². The van der Waals surface area contributed by atoms with Crippen LogP contribution in [-0.2, 0) is 6.42 Å². The predicted octanol–water partition coefficient (Wildman–Crippen LogP) is 3.16. The van der Waals surface area contributed by atoms with E-state index in [1.54, 1.807) is 0 Å². The average Bonchev–Trinajstić information content (AvgIpc) is 2.27.